The van der Waals surface area contributed by atoms with E-state index in [1.54, 1.807) is 0 Å². The van der Waals surface area contributed by atoms with Crippen LogP contribution in [-0.4, -0.2) is 68.8 Å². The second-order valence-corrected chi connectivity index (χ2v) is 8.22. The molecule has 1 unspecified atom stereocenters. The number of carbonyl (C=O) groups is 4. The van der Waals surface area contributed by atoms with Crippen molar-refractivity contribution in [3.05, 3.63) is 57.1 Å². The lowest BCUT2D eigenvalue weighted by molar-refractivity contribution is -0.201. The number of esters is 2. The molecule has 0 aliphatic heterocycles. The first-order chi connectivity index (χ1) is 15.4. The van der Waals surface area contributed by atoms with Crippen molar-refractivity contribution in [1.82, 2.24) is 0 Å². The summed E-state index contributed by atoms with van der Waals surface area (Å²) in [5.41, 5.74) is 6.00. The number of phenols is 1. The van der Waals surface area contributed by atoms with Crippen LogP contribution in [0.3, 0.4) is 0 Å². The maximum atomic E-state index is 13.4. The van der Waals surface area contributed by atoms with Gasteiger partial charge in [0.1, 0.15) is 17.5 Å². The van der Waals surface area contributed by atoms with Crippen LogP contribution in [0.1, 0.15) is 41.5 Å². The summed E-state index contributed by atoms with van der Waals surface area (Å²) in [7, 11) is 0. The molecule has 0 bridgehead atoms. The number of carbonyl (C=O) groups excluding carboxylic acids is 4. The quantitative estimate of drug-likeness (QED) is 0.437. The SMILES string of the molecule is CC(=O)O[C@@H]1C2=C(C3=C(C(=O)c4c(O)cccc4C3=O)C2N=[N-])[C@H](O)[C@@H](OC(C)=O)[C@]1(C)O. The summed E-state index contributed by atoms with van der Waals surface area (Å²) in [5, 5.41) is 35.7. The van der Waals surface area contributed by atoms with Crippen LogP contribution in [0.4, 0.5) is 0 Å². The zero-order valence-corrected chi connectivity index (χ0v) is 17.7. The first-order valence-electron chi connectivity index (χ1n) is 9.92. The van der Waals surface area contributed by atoms with Gasteiger partial charge in [-0.1, -0.05) is 12.1 Å². The van der Waals surface area contributed by atoms with Gasteiger partial charge in [-0.15, -0.1) is 0 Å². The number of rotatable bonds is 3. The van der Waals surface area contributed by atoms with Crippen LogP contribution in [0, 0.1) is 0 Å². The number of phenolic OH excluding ortho intramolecular Hbond substituents is 1. The van der Waals surface area contributed by atoms with Crippen molar-refractivity contribution >= 4 is 23.5 Å². The summed E-state index contributed by atoms with van der Waals surface area (Å²) in [5.74, 6) is -3.82. The average molecular weight is 455 g/mol. The Labute approximate surface area is 186 Å². The molecular weight excluding hydrogens is 436 g/mol. The fourth-order valence-electron chi connectivity index (χ4n) is 4.82. The Morgan fingerprint density at radius 1 is 1.09 bits per heavy atom. The topological polar surface area (TPSA) is 182 Å². The lowest BCUT2D eigenvalue weighted by Gasteiger charge is -2.45. The van der Waals surface area contributed by atoms with Crippen LogP contribution < -0.4 is 0 Å². The summed E-state index contributed by atoms with van der Waals surface area (Å²) in [6.07, 6.45) is -5.18. The summed E-state index contributed by atoms with van der Waals surface area (Å²) in [4.78, 5) is 50.3. The molecule has 11 heteroatoms. The van der Waals surface area contributed by atoms with E-state index in [0.29, 0.717) is 0 Å². The molecule has 0 saturated carbocycles. The summed E-state index contributed by atoms with van der Waals surface area (Å²) in [6, 6.07) is 2.28. The zero-order chi connectivity index (χ0) is 24.4. The van der Waals surface area contributed by atoms with Gasteiger partial charge in [0.15, 0.2) is 23.8 Å². The highest BCUT2D eigenvalue weighted by molar-refractivity contribution is 6.31. The maximum Gasteiger partial charge on any atom is 0.303 e. The molecule has 11 nitrogen and oxygen atoms in total. The van der Waals surface area contributed by atoms with Crippen molar-refractivity contribution < 1.29 is 44.0 Å². The Balaban J connectivity index is 2.01. The first-order valence-corrected chi connectivity index (χ1v) is 9.92. The Bertz CT molecular complexity index is 1210. The number of ketones is 2. The molecule has 3 N–H and O–H groups in total. The van der Waals surface area contributed by atoms with Crippen molar-refractivity contribution in [2.45, 2.75) is 50.7 Å². The van der Waals surface area contributed by atoms with Gasteiger partial charge in [-0.2, -0.15) is 0 Å². The number of fused-ring (bicyclic) bond motifs is 2. The van der Waals surface area contributed by atoms with E-state index in [2.05, 4.69) is 5.11 Å². The van der Waals surface area contributed by atoms with Gasteiger partial charge in [0, 0.05) is 41.7 Å². The third kappa shape index (κ3) is 3.04. The molecule has 0 spiro atoms. The minimum absolute atomic E-state index is 0.151. The number of Topliss-reactive ketones (excluding diaryl/α,β-unsaturated/α-hetero) is 2. The number of hydrogen-bond donors (Lipinski definition) is 3. The van der Waals surface area contributed by atoms with Gasteiger partial charge in [-0.25, -0.2) is 0 Å². The second kappa shape index (κ2) is 7.42. The predicted octanol–water partition coefficient (Wildman–Crippen LogP) is 0.757. The molecule has 0 fully saturated rings. The second-order valence-electron chi connectivity index (χ2n) is 8.22. The Morgan fingerprint density at radius 2 is 1.73 bits per heavy atom. The lowest BCUT2D eigenvalue weighted by atomic mass is 9.73. The van der Waals surface area contributed by atoms with E-state index < -0.39 is 59.2 Å². The Kier molecular flexibility index (Phi) is 5.06. The summed E-state index contributed by atoms with van der Waals surface area (Å²) < 4.78 is 10.4. The number of aromatic hydroxyl groups is 1. The van der Waals surface area contributed by atoms with Crippen LogP contribution in [0.15, 0.2) is 45.6 Å². The molecule has 0 saturated heterocycles. The minimum Gasteiger partial charge on any atom is -0.711 e. The lowest BCUT2D eigenvalue weighted by Crippen LogP contribution is -2.62. The van der Waals surface area contributed by atoms with Crippen LogP contribution >= 0.6 is 0 Å². The molecule has 5 atom stereocenters. The third-order valence-electron chi connectivity index (χ3n) is 6.07. The van der Waals surface area contributed by atoms with E-state index in [4.69, 9.17) is 9.47 Å². The number of benzene rings is 1. The molecule has 33 heavy (non-hydrogen) atoms. The maximum absolute atomic E-state index is 13.4. The Morgan fingerprint density at radius 3 is 2.30 bits per heavy atom. The smallest absolute Gasteiger partial charge is 0.303 e. The molecule has 0 heterocycles. The van der Waals surface area contributed by atoms with Crippen molar-refractivity contribution in [3.8, 4) is 5.75 Å². The van der Waals surface area contributed by atoms with E-state index in [9.17, 15) is 40.0 Å². The third-order valence-corrected chi connectivity index (χ3v) is 6.07. The van der Waals surface area contributed by atoms with E-state index in [1.165, 1.54) is 18.2 Å². The number of aliphatic hydroxyl groups excluding tert-OH is 1. The van der Waals surface area contributed by atoms with Gasteiger partial charge < -0.3 is 35.4 Å². The largest absolute Gasteiger partial charge is 0.711 e. The van der Waals surface area contributed by atoms with Crippen molar-refractivity contribution in [3.63, 3.8) is 0 Å². The van der Waals surface area contributed by atoms with E-state index in [1.807, 2.05) is 0 Å². The Hall–Kier alpha value is -3.70. The number of nitrogens with zero attached hydrogens (tertiary/aromatic N) is 2. The standard InChI is InChI=1S/C22H19N2O9/c1-7(25)32-20-15-13(19(30)21(22(20,3)31)33-8(2)26)12-14(16(15)24-23)18(29)11-9(17(12)28)5-4-6-10(11)27/h4-6,16,19-21,27,30-31H,1-3H3/q-1/t16?,19-,20+,21+,22+/m0/s1. The highest BCUT2D eigenvalue weighted by Crippen LogP contribution is 2.51. The highest BCUT2D eigenvalue weighted by atomic mass is 16.6. The minimum atomic E-state index is -2.23. The van der Waals surface area contributed by atoms with Gasteiger partial charge in [0.25, 0.3) is 0 Å². The van der Waals surface area contributed by atoms with Crippen molar-refractivity contribution in [2.24, 2.45) is 5.11 Å². The molecule has 4 rings (SSSR count). The molecule has 0 amide bonds. The molecule has 1 aromatic rings. The van der Waals surface area contributed by atoms with Crippen LogP contribution in [0.25, 0.3) is 5.53 Å². The van der Waals surface area contributed by atoms with Gasteiger partial charge >= 0.3 is 11.9 Å². The molecule has 0 radical (unpaired) electrons. The summed E-state index contributed by atoms with van der Waals surface area (Å²) in [6.45, 7) is 3.21. The molecule has 3 aliphatic rings. The van der Waals surface area contributed by atoms with Gasteiger partial charge in [0.05, 0.1) is 11.6 Å². The van der Waals surface area contributed by atoms with E-state index in [-0.39, 0.29) is 33.4 Å². The predicted molar refractivity (Wildman–Crippen MR) is 108 cm³/mol. The molecule has 172 valence electrons. The van der Waals surface area contributed by atoms with Gasteiger partial charge in [0.2, 0.25) is 0 Å². The van der Waals surface area contributed by atoms with Crippen LogP contribution in [-0.2, 0) is 19.1 Å². The molecular formula is C22H19N2O9-. The van der Waals surface area contributed by atoms with Gasteiger partial charge in [-0.05, 0) is 13.0 Å². The number of hydrogen-bond acceptors (Lipinski definition) is 10. The van der Waals surface area contributed by atoms with Crippen molar-refractivity contribution in [1.29, 1.82) is 0 Å². The normalized spacial score (nSPS) is 30.5. The average Bonchev–Trinajstić information content (AvgIpc) is 3.07. The van der Waals surface area contributed by atoms with Crippen LogP contribution in [0.5, 0.6) is 5.75 Å². The summed E-state index contributed by atoms with van der Waals surface area (Å²) >= 11 is 0. The molecule has 0 aromatic heterocycles. The monoisotopic (exact) mass is 455 g/mol. The van der Waals surface area contributed by atoms with E-state index >= 15 is 0 Å². The zero-order valence-electron chi connectivity index (χ0n) is 17.7. The fourth-order valence-corrected chi connectivity index (χ4v) is 4.82. The van der Waals surface area contributed by atoms with E-state index in [0.717, 1.165) is 20.8 Å². The number of aliphatic hydroxyl groups is 2. The molecule has 1 aromatic carbocycles. The van der Waals surface area contributed by atoms with Crippen molar-refractivity contribution in [2.75, 3.05) is 0 Å². The first kappa shape index (κ1) is 22.5. The highest BCUT2D eigenvalue weighted by Gasteiger charge is 2.61. The molecule has 3 aliphatic carbocycles. The van der Waals surface area contributed by atoms with Crippen LogP contribution in [0.2, 0.25) is 0 Å². The number of ether oxygens (including phenoxy) is 2. The van der Waals surface area contributed by atoms with Gasteiger partial charge in [-0.3, -0.25) is 19.2 Å². The fraction of sp³-hybridized carbons (Fsp3) is 0.364.